The van der Waals surface area contributed by atoms with Crippen molar-refractivity contribution in [1.29, 1.82) is 0 Å². The van der Waals surface area contributed by atoms with Gasteiger partial charge in [0.2, 0.25) is 0 Å². The van der Waals surface area contributed by atoms with E-state index >= 15 is 0 Å². The van der Waals surface area contributed by atoms with Crippen LogP contribution in [0.15, 0.2) is 4.79 Å². The van der Waals surface area contributed by atoms with Crippen LogP contribution in [0, 0.1) is 6.92 Å². The summed E-state index contributed by atoms with van der Waals surface area (Å²) in [5, 5.41) is 3.56. The molecule has 0 saturated heterocycles. The van der Waals surface area contributed by atoms with Gasteiger partial charge in [0.05, 0.1) is 5.01 Å². The van der Waals surface area contributed by atoms with Gasteiger partial charge in [-0.15, -0.1) is 11.3 Å². The Labute approximate surface area is 93.9 Å². The van der Waals surface area contributed by atoms with Gasteiger partial charge in [-0.2, -0.15) is 0 Å². The first-order valence-electron chi connectivity index (χ1n) is 5.20. The number of nitrogens with one attached hydrogen (secondary N) is 1. The van der Waals surface area contributed by atoms with Crippen LogP contribution in [0.3, 0.4) is 0 Å². The van der Waals surface area contributed by atoms with E-state index in [2.05, 4.69) is 10.1 Å². The second kappa shape index (κ2) is 6.40. The van der Waals surface area contributed by atoms with E-state index in [9.17, 15) is 4.79 Å². The minimum atomic E-state index is -0.0481. The quantitative estimate of drug-likeness (QED) is 0.755. The maximum absolute atomic E-state index is 11.1. The van der Waals surface area contributed by atoms with Crippen molar-refractivity contribution in [2.75, 3.05) is 0 Å². The summed E-state index contributed by atoms with van der Waals surface area (Å²) in [7, 11) is 1.78. The van der Waals surface area contributed by atoms with E-state index in [0.717, 1.165) is 10.7 Å². The molecule has 0 unspecified atom stereocenters. The molecule has 2 aromatic rings. The fraction of sp³-hybridized carbons (Fsp3) is 0.600. The van der Waals surface area contributed by atoms with Crippen molar-refractivity contribution >= 4 is 21.7 Å². The Kier molecular flexibility index (Phi) is 5.93. The first-order chi connectivity index (χ1) is 7.18. The van der Waals surface area contributed by atoms with Gasteiger partial charge in [0, 0.05) is 7.05 Å². The molecule has 1 N–H and O–H groups in total. The summed E-state index contributed by atoms with van der Waals surface area (Å²) >= 11 is 1.42. The maximum atomic E-state index is 11.1. The van der Waals surface area contributed by atoms with Gasteiger partial charge in [-0.3, -0.25) is 14.6 Å². The highest BCUT2D eigenvalue weighted by Crippen LogP contribution is 2.15. The predicted octanol–water partition coefficient (Wildman–Crippen LogP) is 2.68. The van der Waals surface area contributed by atoms with E-state index in [-0.39, 0.29) is 5.56 Å². The summed E-state index contributed by atoms with van der Waals surface area (Å²) < 4.78 is 2.35. The molecule has 2 rings (SSSR count). The van der Waals surface area contributed by atoms with Gasteiger partial charge in [-0.1, -0.05) is 27.7 Å². The molecule has 2 heterocycles. The molecule has 0 bridgehead atoms. The molecule has 0 radical (unpaired) electrons. The number of aromatic nitrogens is 3. The molecular formula is C10H19N3OS. The van der Waals surface area contributed by atoms with Gasteiger partial charge in [0.25, 0.3) is 5.56 Å². The third-order valence-electron chi connectivity index (χ3n) is 1.51. The highest BCUT2D eigenvalue weighted by Gasteiger charge is 2.07. The summed E-state index contributed by atoms with van der Waals surface area (Å²) in [5.74, 6) is 0. The molecular weight excluding hydrogens is 210 g/mol. The van der Waals surface area contributed by atoms with Crippen LogP contribution in [-0.4, -0.2) is 14.8 Å². The van der Waals surface area contributed by atoms with Crippen LogP contribution in [-0.2, 0) is 7.05 Å². The topological polar surface area (TPSA) is 50.7 Å². The molecule has 0 aliphatic heterocycles. The predicted molar refractivity (Wildman–Crippen MR) is 66.6 cm³/mol. The summed E-state index contributed by atoms with van der Waals surface area (Å²) in [6.45, 7) is 9.89. The van der Waals surface area contributed by atoms with Crippen molar-refractivity contribution < 1.29 is 0 Å². The molecule has 4 nitrogen and oxygen atoms in total. The van der Waals surface area contributed by atoms with Gasteiger partial charge in [-0.25, -0.2) is 4.98 Å². The van der Waals surface area contributed by atoms with Gasteiger partial charge in [0.1, 0.15) is 4.70 Å². The normalized spacial score (nSPS) is 8.93. The largest absolute Gasteiger partial charge is 0.283 e. The number of H-pyrrole nitrogens is 1. The Morgan fingerprint density at radius 2 is 1.80 bits per heavy atom. The average molecular weight is 229 g/mol. The molecule has 2 aromatic heterocycles. The van der Waals surface area contributed by atoms with Crippen molar-refractivity contribution in [1.82, 2.24) is 14.8 Å². The van der Waals surface area contributed by atoms with Gasteiger partial charge in [-0.05, 0) is 6.92 Å². The van der Waals surface area contributed by atoms with Crippen LogP contribution in [0.4, 0.5) is 0 Å². The van der Waals surface area contributed by atoms with Gasteiger partial charge >= 0.3 is 0 Å². The Bertz CT molecular complexity index is 453. The van der Waals surface area contributed by atoms with Crippen molar-refractivity contribution in [3.05, 3.63) is 15.4 Å². The van der Waals surface area contributed by atoms with E-state index in [1.165, 1.54) is 11.3 Å². The van der Waals surface area contributed by atoms with Crippen molar-refractivity contribution in [3.63, 3.8) is 0 Å². The lowest BCUT2D eigenvalue weighted by atomic mass is 10.6. The number of thiazole rings is 1. The van der Waals surface area contributed by atoms with Crippen LogP contribution < -0.4 is 5.56 Å². The highest BCUT2D eigenvalue weighted by molar-refractivity contribution is 7.18. The number of hydrogen-bond acceptors (Lipinski definition) is 3. The maximum Gasteiger partial charge on any atom is 0.283 e. The van der Waals surface area contributed by atoms with Crippen LogP contribution in [0.1, 0.15) is 32.7 Å². The molecule has 5 heteroatoms. The zero-order valence-electron chi connectivity index (χ0n) is 10.2. The minimum Gasteiger partial charge on any atom is -0.270 e. The average Bonchev–Trinajstić information content (AvgIpc) is 2.76. The Morgan fingerprint density at radius 3 is 2.27 bits per heavy atom. The molecule has 0 spiro atoms. The van der Waals surface area contributed by atoms with Gasteiger partial charge < -0.3 is 0 Å². The Hall–Kier alpha value is -1.10. The van der Waals surface area contributed by atoms with Crippen LogP contribution >= 0.6 is 11.3 Å². The van der Waals surface area contributed by atoms with Crippen LogP contribution in [0.25, 0.3) is 10.3 Å². The third kappa shape index (κ3) is 2.92. The first-order valence-corrected chi connectivity index (χ1v) is 6.02. The third-order valence-corrected chi connectivity index (χ3v) is 2.47. The van der Waals surface area contributed by atoms with Crippen LogP contribution in [0.5, 0.6) is 0 Å². The van der Waals surface area contributed by atoms with Crippen molar-refractivity contribution in [2.24, 2.45) is 7.05 Å². The Morgan fingerprint density at radius 1 is 1.27 bits per heavy atom. The zero-order chi connectivity index (χ0) is 12.0. The molecule has 0 saturated carbocycles. The summed E-state index contributed by atoms with van der Waals surface area (Å²) in [4.78, 5) is 15.3. The smallest absolute Gasteiger partial charge is 0.270 e. The number of nitrogens with zero attached hydrogens (tertiary/aromatic N) is 2. The second-order valence-corrected chi connectivity index (χ2v) is 3.59. The van der Waals surface area contributed by atoms with E-state index in [0.29, 0.717) is 4.70 Å². The standard InChI is InChI=1S/C6H7N3OS.2C2H6/c1-3-7-5-4(11-3)6(10)8-9(5)2;2*1-2/h1-2H3,(H,8,10);2*1-2H3. The first kappa shape index (κ1) is 13.9. The molecule has 86 valence electrons. The second-order valence-electron chi connectivity index (χ2n) is 2.39. The Balaban J connectivity index is 0.000000442. The lowest BCUT2D eigenvalue weighted by Gasteiger charge is -1.85. The molecule has 0 amide bonds. The molecule has 0 atom stereocenters. The van der Waals surface area contributed by atoms with Crippen molar-refractivity contribution in [3.8, 4) is 0 Å². The number of aromatic amines is 1. The fourth-order valence-electron chi connectivity index (χ4n) is 1.05. The van der Waals surface area contributed by atoms with E-state index in [1.54, 1.807) is 11.7 Å². The molecule has 0 fully saturated rings. The lowest BCUT2D eigenvalue weighted by molar-refractivity contribution is 0.773. The fourth-order valence-corrected chi connectivity index (χ4v) is 1.89. The summed E-state index contributed by atoms with van der Waals surface area (Å²) in [6.07, 6.45) is 0. The SMILES string of the molecule is CC.CC.Cc1nc2c(s1)c(=O)[nH]n2C. The summed E-state index contributed by atoms with van der Waals surface area (Å²) in [5.41, 5.74) is 0.700. The molecule has 0 aliphatic carbocycles. The summed E-state index contributed by atoms with van der Waals surface area (Å²) in [6, 6.07) is 0. The number of fused-ring (bicyclic) bond motifs is 1. The molecule has 15 heavy (non-hydrogen) atoms. The van der Waals surface area contributed by atoms with Crippen molar-refractivity contribution in [2.45, 2.75) is 34.6 Å². The minimum absolute atomic E-state index is 0.0481. The van der Waals surface area contributed by atoms with E-state index in [4.69, 9.17) is 0 Å². The van der Waals surface area contributed by atoms with Crippen LogP contribution in [0.2, 0.25) is 0 Å². The lowest BCUT2D eigenvalue weighted by Crippen LogP contribution is -2.01. The van der Waals surface area contributed by atoms with E-state index in [1.807, 2.05) is 34.6 Å². The molecule has 0 aliphatic rings. The number of rotatable bonds is 0. The van der Waals surface area contributed by atoms with E-state index < -0.39 is 0 Å². The number of hydrogen-bond donors (Lipinski definition) is 1. The monoisotopic (exact) mass is 229 g/mol. The number of aryl methyl sites for hydroxylation is 2. The highest BCUT2D eigenvalue weighted by atomic mass is 32.1. The molecule has 0 aromatic carbocycles. The van der Waals surface area contributed by atoms with Gasteiger partial charge in [0.15, 0.2) is 5.65 Å². The zero-order valence-corrected chi connectivity index (χ0v) is 11.0.